The van der Waals surface area contributed by atoms with Crippen molar-refractivity contribution < 1.29 is 4.42 Å². The zero-order chi connectivity index (χ0) is 11.4. The van der Waals surface area contributed by atoms with Crippen LogP contribution in [-0.4, -0.2) is 16.7 Å². The number of nitrogens with zero attached hydrogens (tertiary/aromatic N) is 2. The monoisotopic (exact) mass is 217 g/mol. The van der Waals surface area contributed by atoms with Gasteiger partial charge in [-0.1, -0.05) is 25.1 Å². The van der Waals surface area contributed by atoms with Crippen LogP contribution in [0.2, 0.25) is 0 Å². The van der Waals surface area contributed by atoms with Gasteiger partial charge in [0.15, 0.2) is 0 Å². The Balaban J connectivity index is 2.34. The largest absolute Gasteiger partial charge is 0.421 e. The molecule has 0 amide bonds. The fraction of sp³-hybridized carbons (Fsp3) is 0.333. The topological polar surface area (TPSA) is 64.9 Å². The van der Waals surface area contributed by atoms with Gasteiger partial charge in [0.1, 0.15) is 0 Å². The number of hydrogen-bond donors (Lipinski definition) is 1. The molecule has 0 spiro atoms. The second-order valence-electron chi connectivity index (χ2n) is 3.55. The number of rotatable bonds is 4. The van der Waals surface area contributed by atoms with Crippen molar-refractivity contribution in [3.05, 3.63) is 35.7 Å². The highest BCUT2D eigenvalue weighted by Crippen LogP contribution is 2.22. The summed E-state index contributed by atoms with van der Waals surface area (Å²) < 4.78 is 5.55. The third-order valence-electron chi connectivity index (χ3n) is 2.45. The van der Waals surface area contributed by atoms with Gasteiger partial charge in [0.2, 0.25) is 11.8 Å². The summed E-state index contributed by atoms with van der Waals surface area (Å²) in [4.78, 5) is 0. The summed E-state index contributed by atoms with van der Waals surface area (Å²) in [6.45, 7) is 2.63. The molecule has 0 aliphatic carbocycles. The molecule has 84 valence electrons. The van der Waals surface area contributed by atoms with Crippen LogP contribution in [0, 0.1) is 0 Å². The molecule has 1 aromatic carbocycles. The molecule has 2 N–H and O–H groups in total. The third-order valence-corrected chi connectivity index (χ3v) is 2.45. The van der Waals surface area contributed by atoms with Crippen LogP contribution in [0.5, 0.6) is 0 Å². The first kappa shape index (κ1) is 10.8. The summed E-state index contributed by atoms with van der Waals surface area (Å²) in [6.07, 6.45) is 1.58. The number of aryl methyl sites for hydroxylation is 1. The van der Waals surface area contributed by atoms with Crippen LogP contribution in [0.4, 0.5) is 0 Å². The summed E-state index contributed by atoms with van der Waals surface area (Å²) in [6, 6.07) is 8.06. The Morgan fingerprint density at radius 3 is 2.81 bits per heavy atom. The van der Waals surface area contributed by atoms with E-state index in [1.165, 1.54) is 5.56 Å². The molecule has 0 saturated carbocycles. The van der Waals surface area contributed by atoms with Crippen molar-refractivity contribution in [1.82, 2.24) is 10.2 Å². The van der Waals surface area contributed by atoms with Crippen molar-refractivity contribution in [3.8, 4) is 11.5 Å². The summed E-state index contributed by atoms with van der Waals surface area (Å²) in [5.41, 5.74) is 7.66. The highest BCUT2D eigenvalue weighted by molar-refractivity contribution is 5.58. The lowest BCUT2D eigenvalue weighted by Gasteiger charge is -2.01. The molecule has 4 nitrogen and oxygen atoms in total. The maximum absolute atomic E-state index is 5.55. The Morgan fingerprint density at radius 1 is 1.25 bits per heavy atom. The van der Waals surface area contributed by atoms with Crippen LogP contribution in [-0.2, 0) is 12.8 Å². The average molecular weight is 217 g/mol. The molecule has 4 heteroatoms. The number of benzene rings is 1. The van der Waals surface area contributed by atoms with E-state index in [-0.39, 0.29) is 0 Å². The van der Waals surface area contributed by atoms with Crippen molar-refractivity contribution in [2.75, 3.05) is 6.54 Å². The molecular weight excluding hydrogens is 202 g/mol. The van der Waals surface area contributed by atoms with Gasteiger partial charge in [-0.15, -0.1) is 10.2 Å². The lowest BCUT2D eigenvalue weighted by molar-refractivity contribution is 0.506. The Morgan fingerprint density at radius 2 is 2.06 bits per heavy atom. The molecule has 0 fully saturated rings. The molecule has 0 atom stereocenters. The van der Waals surface area contributed by atoms with Crippen LogP contribution < -0.4 is 5.73 Å². The first-order valence-corrected chi connectivity index (χ1v) is 5.46. The first-order chi connectivity index (χ1) is 7.85. The lowest BCUT2D eigenvalue weighted by atomic mass is 10.1. The maximum Gasteiger partial charge on any atom is 0.248 e. The van der Waals surface area contributed by atoms with Gasteiger partial charge >= 0.3 is 0 Å². The van der Waals surface area contributed by atoms with Crippen molar-refractivity contribution >= 4 is 0 Å². The zero-order valence-electron chi connectivity index (χ0n) is 9.31. The highest BCUT2D eigenvalue weighted by atomic mass is 16.4. The number of hydrogen-bond acceptors (Lipinski definition) is 4. The average Bonchev–Trinajstić information content (AvgIpc) is 2.78. The minimum absolute atomic E-state index is 0.525. The van der Waals surface area contributed by atoms with E-state index in [0.717, 1.165) is 12.0 Å². The number of aromatic nitrogens is 2. The standard InChI is InChI=1S/C12H15N3O/c1-2-9-5-3-4-6-10(9)12-15-14-11(16-12)7-8-13/h3-6H,2,7-8,13H2,1H3. The summed E-state index contributed by atoms with van der Waals surface area (Å²) >= 11 is 0. The molecule has 0 bridgehead atoms. The van der Waals surface area contributed by atoms with Gasteiger partial charge in [-0.25, -0.2) is 0 Å². The Labute approximate surface area is 94.5 Å². The number of nitrogens with two attached hydrogens (primary N) is 1. The van der Waals surface area contributed by atoms with Crippen LogP contribution in [0.1, 0.15) is 18.4 Å². The molecule has 0 radical (unpaired) electrons. The van der Waals surface area contributed by atoms with Gasteiger partial charge in [0.05, 0.1) is 0 Å². The molecule has 0 saturated heterocycles. The van der Waals surface area contributed by atoms with Crippen LogP contribution in [0.25, 0.3) is 11.5 Å². The first-order valence-electron chi connectivity index (χ1n) is 5.46. The smallest absolute Gasteiger partial charge is 0.248 e. The van der Waals surface area contributed by atoms with Crippen molar-refractivity contribution in [2.45, 2.75) is 19.8 Å². The maximum atomic E-state index is 5.55. The van der Waals surface area contributed by atoms with E-state index in [1.807, 2.05) is 18.2 Å². The van der Waals surface area contributed by atoms with Gasteiger partial charge in [-0.05, 0) is 18.1 Å². The fourth-order valence-electron chi connectivity index (χ4n) is 1.62. The molecule has 0 unspecified atom stereocenters. The Bertz CT molecular complexity index is 465. The predicted molar refractivity (Wildman–Crippen MR) is 61.9 cm³/mol. The molecule has 2 aromatic rings. The Hall–Kier alpha value is -1.68. The molecule has 16 heavy (non-hydrogen) atoms. The van der Waals surface area contributed by atoms with E-state index in [1.54, 1.807) is 0 Å². The van der Waals surface area contributed by atoms with E-state index in [9.17, 15) is 0 Å². The second-order valence-corrected chi connectivity index (χ2v) is 3.55. The van der Waals surface area contributed by atoms with Gasteiger partial charge in [-0.2, -0.15) is 0 Å². The van der Waals surface area contributed by atoms with Crippen LogP contribution in [0.15, 0.2) is 28.7 Å². The molecule has 0 aliphatic rings. The van der Waals surface area contributed by atoms with E-state index < -0.39 is 0 Å². The zero-order valence-corrected chi connectivity index (χ0v) is 9.31. The fourth-order valence-corrected chi connectivity index (χ4v) is 1.62. The highest BCUT2D eigenvalue weighted by Gasteiger charge is 2.10. The summed E-state index contributed by atoms with van der Waals surface area (Å²) in [5, 5.41) is 8.00. The van der Waals surface area contributed by atoms with E-state index >= 15 is 0 Å². The molecule has 1 heterocycles. The minimum Gasteiger partial charge on any atom is -0.421 e. The van der Waals surface area contributed by atoms with Gasteiger partial charge in [0, 0.05) is 18.5 Å². The molecular formula is C12H15N3O. The van der Waals surface area contributed by atoms with E-state index in [4.69, 9.17) is 10.2 Å². The van der Waals surface area contributed by atoms with Gasteiger partial charge < -0.3 is 10.2 Å². The minimum atomic E-state index is 0.525. The molecule has 1 aromatic heterocycles. The quantitative estimate of drug-likeness (QED) is 0.848. The van der Waals surface area contributed by atoms with Crippen LogP contribution in [0.3, 0.4) is 0 Å². The lowest BCUT2D eigenvalue weighted by Crippen LogP contribution is -2.02. The molecule has 0 aliphatic heterocycles. The van der Waals surface area contributed by atoms with Crippen molar-refractivity contribution in [3.63, 3.8) is 0 Å². The van der Waals surface area contributed by atoms with E-state index in [0.29, 0.717) is 24.7 Å². The van der Waals surface area contributed by atoms with Gasteiger partial charge in [0.25, 0.3) is 0 Å². The predicted octanol–water partition coefficient (Wildman–Crippen LogP) is 1.80. The normalized spacial score (nSPS) is 10.6. The van der Waals surface area contributed by atoms with Gasteiger partial charge in [-0.3, -0.25) is 0 Å². The third kappa shape index (κ3) is 2.12. The Kier molecular flexibility index (Phi) is 3.31. The summed E-state index contributed by atoms with van der Waals surface area (Å²) in [7, 11) is 0. The van der Waals surface area contributed by atoms with Crippen molar-refractivity contribution in [2.24, 2.45) is 5.73 Å². The van der Waals surface area contributed by atoms with Crippen molar-refractivity contribution in [1.29, 1.82) is 0 Å². The summed E-state index contributed by atoms with van der Waals surface area (Å²) in [5.74, 6) is 1.18. The molecule has 2 rings (SSSR count). The van der Waals surface area contributed by atoms with Crippen LogP contribution >= 0.6 is 0 Å². The van der Waals surface area contributed by atoms with E-state index in [2.05, 4.69) is 23.2 Å². The SMILES string of the molecule is CCc1ccccc1-c1nnc(CCN)o1. The second kappa shape index (κ2) is 4.90.